The first-order valence-electron chi connectivity index (χ1n) is 12.5. The number of carboxylic acids is 1. The van der Waals surface area contributed by atoms with Crippen molar-refractivity contribution in [3.63, 3.8) is 0 Å². The highest BCUT2D eigenvalue weighted by Crippen LogP contribution is 2.30. The summed E-state index contributed by atoms with van der Waals surface area (Å²) in [7, 11) is -1.38. The van der Waals surface area contributed by atoms with Crippen LogP contribution in [0.1, 0.15) is 27.3 Å². The van der Waals surface area contributed by atoms with Crippen molar-refractivity contribution in [3.8, 4) is 5.75 Å². The summed E-state index contributed by atoms with van der Waals surface area (Å²) in [5.41, 5.74) is 2.29. The van der Waals surface area contributed by atoms with Crippen LogP contribution in [0.4, 0.5) is 0 Å². The third kappa shape index (κ3) is 6.10. The van der Waals surface area contributed by atoms with Gasteiger partial charge in [0.05, 0.1) is 43.6 Å². The maximum atomic E-state index is 13.0. The molecule has 0 bridgehead atoms. The number of carbonyl (C=O) groups excluding carboxylic acids is 1. The van der Waals surface area contributed by atoms with Gasteiger partial charge in [-0.15, -0.1) is 5.10 Å². The second-order valence-electron chi connectivity index (χ2n) is 9.40. The highest BCUT2D eigenvalue weighted by Gasteiger charge is 2.38. The summed E-state index contributed by atoms with van der Waals surface area (Å²) in [6.07, 6.45) is 0.240. The van der Waals surface area contributed by atoms with Gasteiger partial charge in [0.15, 0.2) is 0 Å². The molecule has 3 aliphatic heterocycles. The van der Waals surface area contributed by atoms with Gasteiger partial charge in [-0.1, -0.05) is 17.3 Å². The van der Waals surface area contributed by atoms with Gasteiger partial charge in [0, 0.05) is 39.3 Å². The number of aromatic nitrogens is 3. The number of fused-ring (bicyclic) bond motifs is 1. The molecule has 3 aliphatic rings. The topological polar surface area (TPSA) is 152 Å². The number of benzene rings is 1. The normalized spacial score (nSPS) is 20.8. The zero-order valence-electron chi connectivity index (χ0n) is 20.5. The smallest absolute Gasteiger partial charge is 0.534 e. The molecule has 2 aromatic rings. The predicted octanol–water partition coefficient (Wildman–Crippen LogP) is -1.22. The van der Waals surface area contributed by atoms with E-state index in [0.717, 1.165) is 37.6 Å². The lowest BCUT2D eigenvalue weighted by Gasteiger charge is -2.29. The van der Waals surface area contributed by atoms with E-state index in [1.165, 1.54) is 6.07 Å². The van der Waals surface area contributed by atoms with Crippen molar-refractivity contribution >= 4 is 19.0 Å². The molecule has 0 saturated carbocycles. The largest absolute Gasteiger partial charge is 0.547 e. The maximum Gasteiger partial charge on any atom is 0.547 e. The van der Waals surface area contributed by atoms with Crippen LogP contribution in [0.3, 0.4) is 0 Å². The fraction of sp³-hybridized carbons (Fsp3) is 0.565. The number of carboxylic acid groups (broad SMARTS) is 1. The number of ether oxygens (including phenoxy) is 2. The van der Waals surface area contributed by atoms with Crippen molar-refractivity contribution in [1.29, 1.82) is 0 Å². The fourth-order valence-electron chi connectivity index (χ4n) is 4.84. The molecule has 37 heavy (non-hydrogen) atoms. The van der Waals surface area contributed by atoms with Crippen molar-refractivity contribution < 1.29 is 33.8 Å². The fourth-order valence-corrected chi connectivity index (χ4v) is 4.84. The van der Waals surface area contributed by atoms with Crippen molar-refractivity contribution in [3.05, 3.63) is 40.7 Å². The lowest BCUT2D eigenvalue weighted by molar-refractivity contribution is -0.122. The average Bonchev–Trinajstić information content (AvgIpc) is 3.25. The van der Waals surface area contributed by atoms with Gasteiger partial charge in [0.1, 0.15) is 18.0 Å². The predicted molar refractivity (Wildman–Crippen MR) is 130 cm³/mol. The van der Waals surface area contributed by atoms with E-state index in [-0.39, 0.29) is 30.2 Å². The molecule has 2 saturated heterocycles. The van der Waals surface area contributed by atoms with Crippen LogP contribution in [-0.4, -0.2) is 112 Å². The molecule has 3 N–H and O–H groups in total. The van der Waals surface area contributed by atoms with E-state index < -0.39 is 19.0 Å². The van der Waals surface area contributed by atoms with Crippen LogP contribution in [0, 0.1) is 0 Å². The molecule has 0 spiro atoms. The van der Waals surface area contributed by atoms with E-state index in [2.05, 4.69) is 25.4 Å². The third-order valence-corrected chi connectivity index (χ3v) is 6.86. The SMILES string of the molecule is O=C(Cn1nnc(CN2CCOCC2)c1CN1CCOCC1)N[C@H]1Cc2cccc(C(=O)O)c2OB1O. The first kappa shape index (κ1) is 25.6. The summed E-state index contributed by atoms with van der Waals surface area (Å²) in [4.78, 5) is 29.0. The second-order valence-corrected chi connectivity index (χ2v) is 9.40. The molecule has 0 unspecified atom stereocenters. The number of morpholine rings is 2. The number of rotatable bonds is 8. The van der Waals surface area contributed by atoms with Crippen molar-refractivity contribution in [2.24, 2.45) is 0 Å². The number of amides is 1. The van der Waals surface area contributed by atoms with E-state index in [4.69, 9.17) is 14.1 Å². The Morgan fingerprint density at radius 3 is 2.41 bits per heavy atom. The molecular formula is C23H31BN6O7. The number of aromatic carboxylic acids is 1. The number of nitrogens with zero attached hydrogens (tertiary/aromatic N) is 5. The van der Waals surface area contributed by atoms with Crippen molar-refractivity contribution in [2.45, 2.75) is 32.0 Å². The minimum Gasteiger partial charge on any atom is -0.534 e. The standard InChI is InChI=1S/C23H31BN6O7/c31-21(25-20-12-16-2-1-3-17(23(32)33)22(16)37-24(20)34)15-30-19(14-29-6-10-36-11-7-29)18(26-27-30)13-28-4-8-35-9-5-28/h1-3,20,34H,4-15H2,(H,25,31)(H,32,33)/t20-/m0/s1. The molecule has 1 aromatic heterocycles. The minimum atomic E-state index is -1.38. The molecule has 14 heteroatoms. The molecule has 0 radical (unpaired) electrons. The van der Waals surface area contributed by atoms with E-state index in [0.29, 0.717) is 45.1 Å². The number of hydrogen-bond acceptors (Lipinski definition) is 10. The van der Waals surface area contributed by atoms with Gasteiger partial charge in [-0.3, -0.25) is 14.6 Å². The van der Waals surface area contributed by atoms with Gasteiger partial charge in [-0.25, -0.2) is 9.48 Å². The summed E-state index contributed by atoms with van der Waals surface area (Å²) in [6.45, 7) is 7.04. The summed E-state index contributed by atoms with van der Waals surface area (Å²) >= 11 is 0. The van der Waals surface area contributed by atoms with Gasteiger partial charge in [-0.05, 0) is 18.1 Å². The Labute approximate surface area is 214 Å². The monoisotopic (exact) mass is 514 g/mol. The van der Waals surface area contributed by atoms with Crippen LogP contribution in [0.25, 0.3) is 0 Å². The number of para-hydroxylation sites is 1. The van der Waals surface area contributed by atoms with Crippen LogP contribution in [0.2, 0.25) is 0 Å². The zero-order valence-corrected chi connectivity index (χ0v) is 20.5. The van der Waals surface area contributed by atoms with Crippen LogP contribution in [0.5, 0.6) is 5.75 Å². The summed E-state index contributed by atoms with van der Waals surface area (Å²) in [5, 5.41) is 31.4. The van der Waals surface area contributed by atoms with Crippen molar-refractivity contribution in [1.82, 2.24) is 30.1 Å². The lowest BCUT2D eigenvalue weighted by Crippen LogP contribution is -2.53. The number of hydrogen-bond donors (Lipinski definition) is 3. The molecule has 4 heterocycles. The van der Waals surface area contributed by atoms with E-state index >= 15 is 0 Å². The Kier molecular flexibility index (Phi) is 8.00. The first-order chi connectivity index (χ1) is 18.0. The second kappa shape index (κ2) is 11.6. The van der Waals surface area contributed by atoms with Gasteiger partial charge in [-0.2, -0.15) is 0 Å². The van der Waals surface area contributed by atoms with Crippen LogP contribution in [-0.2, 0) is 40.3 Å². The van der Waals surface area contributed by atoms with E-state index in [1.54, 1.807) is 16.8 Å². The molecule has 1 aromatic carbocycles. The Morgan fingerprint density at radius 1 is 1.05 bits per heavy atom. The number of carbonyl (C=O) groups is 2. The average molecular weight is 514 g/mol. The maximum absolute atomic E-state index is 13.0. The molecule has 1 amide bonds. The summed E-state index contributed by atoms with van der Waals surface area (Å²) in [6, 6.07) is 4.76. The van der Waals surface area contributed by atoms with Gasteiger partial charge in [0.2, 0.25) is 5.91 Å². The quantitative estimate of drug-likeness (QED) is 0.364. The molecule has 5 rings (SSSR count). The van der Waals surface area contributed by atoms with Gasteiger partial charge in [0.25, 0.3) is 0 Å². The highest BCUT2D eigenvalue weighted by atomic mass is 16.5. The number of nitrogens with one attached hydrogen (secondary N) is 1. The van der Waals surface area contributed by atoms with E-state index in [9.17, 15) is 19.7 Å². The molecule has 198 valence electrons. The molecule has 2 fully saturated rings. The van der Waals surface area contributed by atoms with Crippen LogP contribution in [0.15, 0.2) is 18.2 Å². The minimum absolute atomic E-state index is 0.0236. The molecular weight excluding hydrogens is 483 g/mol. The molecule has 0 aliphatic carbocycles. The lowest BCUT2D eigenvalue weighted by atomic mass is 9.72. The Hall–Kier alpha value is -3.04. The Morgan fingerprint density at radius 2 is 1.73 bits per heavy atom. The van der Waals surface area contributed by atoms with Crippen LogP contribution < -0.4 is 9.97 Å². The molecule has 1 atom stereocenters. The summed E-state index contributed by atoms with van der Waals surface area (Å²) in [5.74, 6) is -2.09. The van der Waals surface area contributed by atoms with Gasteiger partial charge < -0.3 is 29.6 Å². The highest BCUT2D eigenvalue weighted by molar-refractivity contribution is 6.47. The third-order valence-electron chi connectivity index (χ3n) is 6.86. The summed E-state index contributed by atoms with van der Waals surface area (Å²) < 4.78 is 18.0. The first-order valence-corrected chi connectivity index (χ1v) is 12.5. The van der Waals surface area contributed by atoms with Crippen LogP contribution >= 0.6 is 0 Å². The van der Waals surface area contributed by atoms with Gasteiger partial charge >= 0.3 is 13.1 Å². The van der Waals surface area contributed by atoms with Crippen molar-refractivity contribution in [2.75, 3.05) is 52.6 Å². The molecule has 13 nitrogen and oxygen atoms in total. The Bertz CT molecular complexity index is 1120. The Balaban J connectivity index is 1.28. The zero-order chi connectivity index (χ0) is 25.8. The van der Waals surface area contributed by atoms with E-state index in [1.807, 2.05) is 0 Å².